The number of unbranched alkanes of at least 4 members (excludes halogenated alkanes) is 1. The summed E-state index contributed by atoms with van der Waals surface area (Å²) in [5, 5.41) is 24.2. The van der Waals surface area contributed by atoms with Gasteiger partial charge in [0.2, 0.25) is 11.6 Å². The molecule has 0 atom stereocenters. The average molecular weight is 395 g/mol. The second-order valence-electron chi connectivity index (χ2n) is 7.42. The van der Waals surface area contributed by atoms with Crippen LogP contribution in [0.4, 0.5) is 11.6 Å². The number of aromatic nitrogens is 1. The number of benzene rings is 1. The smallest absolute Gasteiger partial charge is 0.270 e. The molecule has 0 spiro atoms. The van der Waals surface area contributed by atoms with Crippen molar-refractivity contribution in [1.29, 1.82) is 5.26 Å². The van der Waals surface area contributed by atoms with Crippen LogP contribution in [0.3, 0.4) is 0 Å². The maximum absolute atomic E-state index is 10.8. The van der Waals surface area contributed by atoms with E-state index in [1.54, 1.807) is 12.1 Å². The Morgan fingerprint density at radius 2 is 2.21 bits per heavy atom. The first-order chi connectivity index (χ1) is 14.1. The maximum Gasteiger partial charge on any atom is 0.270 e. The zero-order valence-corrected chi connectivity index (χ0v) is 16.5. The lowest BCUT2D eigenvalue weighted by Crippen LogP contribution is -2.13. The fourth-order valence-electron chi connectivity index (χ4n) is 3.74. The summed E-state index contributed by atoms with van der Waals surface area (Å²) < 4.78 is 5.79. The number of nitrogens with one attached hydrogen (secondary N) is 1. The Balaban J connectivity index is 1.63. The number of rotatable bonds is 8. The molecule has 1 N–H and O–H groups in total. The van der Waals surface area contributed by atoms with E-state index < -0.39 is 4.92 Å². The van der Waals surface area contributed by atoms with Gasteiger partial charge < -0.3 is 4.42 Å². The second kappa shape index (κ2) is 9.82. The number of non-ortho nitro benzene ring substituents is 1. The average Bonchev–Trinajstić information content (AvgIpc) is 3.16. The molecule has 1 heterocycles. The SMILES string of the molecule is CCCCC1CCC(c2nc(C#N)c(N/N=C/c3cccc([N+](=O)[O-])c3)o2)CC1. The summed E-state index contributed by atoms with van der Waals surface area (Å²) in [6.07, 6.45) is 9.63. The summed E-state index contributed by atoms with van der Waals surface area (Å²) in [7, 11) is 0. The van der Waals surface area contributed by atoms with Crippen LogP contribution in [0.15, 0.2) is 33.8 Å². The van der Waals surface area contributed by atoms with E-state index in [0.717, 1.165) is 18.8 Å². The zero-order valence-electron chi connectivity index (χ0n) is 16.5. The number of hydrazone groups is 1. The highest BCUT2D eigenvalue weighted by Gasteiger charge is 2.27. The van der Waals surface area contributed by atoms with Gasteiger partial charge in [-0.25, -0.2) is 10.4 Å². The van der Waals surface area contributed by atoms with Gasteiger partial charge in [-0.1, -0.05) is 38.3 Å². The van der Waals surface area contributed by atoms with E-state index in [4.69, 9.17) is 4.42 Å². The van der Waals surface area contributed by atoms with Crippen molar-refractivity contribution < 1.29 is 9.34 Å². The molecule has 1 aliphatic carbocycles. The molecule has 0 radical (unpaired) electrons. The Kier molecular flexibility index (Phi) is 6.95. The molecule has 0 bridgehead atoms. The Hall–Kier alpha value is -3.21. The molecule has 152 valence electrons. The first kappa shape index (κ1) is 20.5. The van der Waals surface area contributed by atoms with E-state index >= 15 is 0 Å². The maximum atomic E-state index is 10.8. The molecule has 2 aromatic rings. The number of anilines is 1. The van der Waals surface area contributed by atoms with Crippen LogP contribution in [0.2, 0.25) is 0 Å². The van der Waals surface area contributed by atoms with Gasteiger partial charge in [0.25, 0.3) is 11.6 Å². The Morgan fingerprint density at radius 1 is 1.41 bits per heavy atom. The molecule has 1 fully saturated rings. The van der Waals surface area contributed by atoms with Gasteiger partial charge >= 0.3 is 0 Å². The van der Waals surface area contributed by atoms with Crippen molar-refractivity contribution in [3.05, 3.63) is 51.5 Å². The van der Waals surface area contributed by atoms with Gasteiger partial charge in [0.05, 0.1) is 11.1 Å². The zero-order chi connectivity index (χ0) is 20.6. The van der Waals surface area contributed by atoms with Crippen molar-refractivity contribution in [2.45, 2.75) is 57.8 Å². The lowest BCUT2D eigenvalue weighted by Gasteiger charge is -2.26. The summed E-state index contributed by atoms with van der Waals surface area (Å²) in [6.45, 7) is 2.22. The molecule has 0 amide bonds. The topological polar surface area (TPSA) is 117 Å². The van der Waals surface area contributed by atoms with E-state index in [0.29, 0.717) is 11.5 Å². The van der Waals surface area contributed by atoms with E-state index in [1.807, 2.05) is 6.07 Å². The summed E-state index contributed by atoms with van der Waals surface area (Å²) >= 11 is 0. The minimum atomic E-state index is -0.460. The van der Waals surface area contributed by atoms with Gasteiger partial charge in [-0.05, 0) is 31.6 Å². The van der Waals surface area contributed by atoms with E-state index in [2.05, 4.69) is 22.4 Å². The third-order valence-electron chi connectivity index (χ3n) is 5.37. The highest BCUT2D eigenvalue weighted by molar-refractivity contribution is 5.81. The Morgan fingerprint density at radius 3 is 2.90 bits per heavy atom. The van der Waals surface area contributed by atoms with Gasteiger partial charge in [0, 0.05) is 23.6 Å². The third-order valence-corrected chi connectivity index (χ3v) is 5.37. The number of nitrogens with zero attached hydrogens (tertiary/aromatic N) is 4. The number of oxazole rings is 1. The van der Waals surface area contributed by atoms with Crippen LogP contribution in [0, 0.1) is 27.4 Å². The molecule has 1 aromatic heterocycles. The summed E-state index contributed by atoms with van der Waals surface area (Å²) in [6, 6.07) is 8.15. The van der Waals surface area contributed by atoms with E-state index in [-0.39, 0.29) is 23.2 Å². The van der Waals surface area contributed by atoms with Crippen molar-refractivity contribution in [2.75, 3.05) is 5.43 Å². The first-order valence-corrected chi connectivity index (χ1v) is 10.0. The van der Waals surface area contributed by atoms with Crippen molar-refractivity contribution in [3.63, 3.8) is 0 Å². The van der Waals surface area contributed by atoms with Crippen LogP contribution in [0.25, 0.3) is 0 Å². The lowest BCUT2D eigenvalue weighted by molar-refractivity contribution is -0.384. The molecule has 8 nitrogen and oxygen atoms in total. The highest BCUT2D eigenvalue weighted by Crippen LogP contribution is 2.38. The van der Waals surface area contributed by atoms with Gasteiger partial charge in [-0.15, -0.1) is 0 Å². The quantitative estimate of drug-likeness (QED) is 0.365. The number of hydrogen-bond acceptors (Lipinski definition) is 7. The standard InChI is InChI=1S/C21H25N5O3/c1-2-3-5-15-8-10-17(11-9-15)20-24-19(13-22)21(29-20)25-23-14-16-6-4-7-18(12-16)26(27)28/h4,6-7,12,14-15,17,25H,2-3,5,8-11H2,1H3/b23-14+. The van der Waals surface area contributed by atoms with E-state index in [9.17, 15) is 15.4 Å². The first-order valence-electron chi connectivity index (χ1n) is 10.0. The second-order valence-corrected chi connectivity index (χ2v) is 7.42. The number of hydrogen-bond donors (Lipinski definition) is 1. The van der Waals surface area contributed by atoms with Crippen molar-refractivity contribution in [3.8, 4) is 6.07 Å². The minimum Gasteiger partial charge on any atom is -0.422 e. The van der Waals surface area contributed by atoms with Crippen LogP contribution < -0.4 is 5.43 Å². The Bertz CT molecular complexity index is 907. The molecular formula is C21H25N5O3. The molecule has 0 unspecified atom stereocenters. The molecule has 8 heteroatoms. The molecule has 29 heavy (non-hydrogen) atoms. The van der Waals surface area contributed by atoms with Crippen molar-refractivity contribution in [1.82, 2.24) is 4.98 Å². The molecule has 3 rings (SSSR count). The van der Waals surface area contributed by atoms with Crippen LogP contribution >= 0.6 is 0 Å². The summed E-state index contributed by atoms with van der Waals surface area (Å²) in [5.41, 5.74) is 3.43. The summed E-state index contributed by atoms with van der Waals surface area (Å²) in [5.74, 6) is 1.81. The Labute approximate surface area is 169 Å². The van der Waals surface area contributed by atoms with Crippen LogP contribution in [-0.4, -0.2) is 16.1 Å². The van der Waals surface area contributed by atoms with Gasteiger partial charge in [-0.2, -0.15) is 10.4 Å². The van der Waals surface area contributed by atoms with Crippen LogP contribution in [0.1, 0.15) is 74.9 Å². The molecule has 1 saturated carbocycles. The monoisotopic (exact) mass is 395 g/mol. The fourth-order valence-corrected chi connectivity index (χ4v) is 3.74. The van der Waals surface area contributed by atoms with Gasteiger partial charge in [-0.3, -0.25) is 10.1 Å². The molecule has 1 aromatic carbocycles. The normalized spacial score (nSPS) is 19.2. The lowest BCUT2D eigenvalue weighted by atomic mass is 9.80. The van der Waals surface area contributed by atoms with Gasteiger partial charge in [0.1, 0.15) is 6.07 Å². The van der Waals surface area contributed by atoms with Gasteiger partial charge in [0.15, 0.2) is 0 Å². The predicted octanol–water partition coefficient (Wildman–Crippen LogP) is 5.36. The van der Waals surface area contributed by atoms with Crippen molar-refractivity contribution >= 4 is 17.8 Å². The third kappa shape index (κ3) is 5.41. The number of nitro benzene ring substituents is 1. The molecular weight excluding hydrogens is 370 g/mol. The number of nitriles is 1. The highest BCUT2D eigenvalue weighted by atomic mass is 16.6. The summed E-state index contributed by atoms with van der Waals surface area (Å²) in [4.78, 5) is 14.7. The number of nitro groups is 1. The van der Waals surface area contributed by atoms with Crippen LogP contribution in [-0.2, 0) is 0 Å². The van der Waals surface area contributed by atoms with Crippen molar-refractivity contribution in [2.24, 2.45) is 11.0 Å². The molecule has 0 saturated heterocycles. The molecule has 1 aliphatic rings. The molecule has 0 aliphatic heterocycles. The predicted molar refractivity (Wildman–Crippen MR) is 110 cm³/mol. The largest absolute Gasteiger partial charge is 0.422 e. The van der Waals surface area contributed by atoms with E-state index in [1.165, 1.54) is 50.5 Å². The van der Waals surface area contributed by atoms with Crippen LogP contribution in [0.5, 0.6) is 0 Å². The minimum absolute atomic E-state index is 0.0110. The fraction of sp³-hybridized carbons (Fsp3) is 0.476.